The molecule has 2 heterocycles. The van der Waals surface area contributed by atoms with Gasteiger partial charge >= 0.3 is 18.4 Å². The van der Waals surface area contributed by atoms with E-state index in [1.54, 1.807) is 49.9 Å². The Balaban J connectivity index is 1.48. The summed E-state index contributed by atoms with van der Waals surface area (Å²) >= 11 is 0. The van der Waals surface area contributed by atoms with Crippen LogP contribution in [0.15, 0.2) is 42.5 Å². The molecule has 2 saturated heterocycles. The van der Waals surface area contributed by atoms with Gasteiger partial charge < -0.3 is 25.0 Å². The van der Waals surface area contributed by atoms with Gasteiger partial charge in [0.15, 0.2) is 0 Å². The second-order valence-corrected chi connectivity index (χ2v) is 12.3. The molecule has 4 amide bonds. The van der Waals surface area contributed by atoms with Crippen molar-refractivity contribution in [1.82, 2.24) is 15.1 Å². The number of imide groups is 1. The van der Waals surface area contributed by atoms with Crippen LogP contribution in [0, 0.1) is 0 Å². The van der Waals surface area contributed by atoms with Crippen LogP contribution in [0.4, 0.5) is 36.8 Å². The lowest BCUT2D eigenvalue weighted by atomic mass is 9.89. The predicted octanol–water partition coefficient (Wildman–Crippen LogP) is 5.24. The molecule has 4 rings (SSSR count). The minimum Gasteiger partial charge on any atom is -0.491 e. The first-order valence-electron chi connectivity index (χ1n) is 15.2. The summed E-state index contributed by atoms with van der Waals surface area (Å²) in [7, 11) is 0. The number of benzene rings is 2. The standard InChI is InChI=1S/C32H38F6N4O5/c1-6-7-21-16-23(30(46,31(33,34)35)32(36,37)38)10-13-25(21)41-15-14-40(17-20(41)4)26(43)18-42-27(44)29(5,39-28(42)45)22-8-11-24(12-9-22)47-19(2)3/h8-13,16,19-20,46H,6-7,14-15,17-18H2,1-5H3,(H,39,45)/t20?,29-/m0/s1. The van der Waals surface area contributed by atoms with Crippen LogP contribution in [-0.2, 0) is 27.1 Å². The second-order valence-electron chi connectivity index (χ2n) is 12.3. The molecule has 9 nitrogen and oxygen atoms in total. The Kier molecular flexibility index (Phi) is 9.83. The van der Waals surface area contributed by atoms with Gasteiger partial charge in [0.25, 0.3) is 11.5 Å². The molecule has 2 aliphatic rings. The summed E-state index contributed by atoms with van der Waals surface area (Å²) in [4.78, 5) is 43.7. The van der Waals surface area contributed by atoms with Crippen molar-refractivity contribution in [3.05, 3.63) is 59.2 Å². The van der Waals surface area contributed by atoms with Crippen LogP contribution in [0.3, 0.4) is 0 Å². The molecule has 0 saturated carbocycles. The van der Waals surface area contributed by atoms with Crippen molar-refractivity contribution in [3.8, 4) is 5.75 Å². The molecule has 0 bridgehead atoms. The lowest BCUT2D eigenvalue weighted by molar-refractivity contribution is -0.376. The summed E-state index contributed by atoms with van der Waals surface area (Å²) in [6, 6.07) is 8.01. The molecule has 258 valence electrons. The van der Waals surface area contributed by atoms with E-state index in [9.17, 15) is 45.8 Å². The molecule has 2 aromatic rings. The minimum atomic E-state index is -6.01. The number of alkyl halides is 6. The normalized spacial score (nSPS) is 21.0. The third-order valence-electron chi connectivity index (χ3n) is 8.50. The molecule has 2 atom stereocenters. The first kappa shape index (κ1) is 35.8. The Morgan fingerprint density at radius 1 is 1.04 bits per heavy atom. The number of aryl methyl sites for hydroxylation is 1. The number of piperazine rings is 1. The van der Waals surface area contributed by atoms with E-state index >= 15 is 0 Å². The lowest BCUT2D eigenvalue weighted by Gasteiger charge is -2.42. The minimum absolute atomic E-state index is 0.0580. The highest BCUT2D eigenvalue weighted by Gasteiger charge is 2.71. The number of carbonyl (C=O) groups excluding carboxylic acids is 3. The molecule has 0 aromatic heterocycles. The van der Waals surface area contributed by atoms with Crippen molar-refractivity contribution in [2.24, 2.45) is 0 Å². The van der Waals surface area contributed by atoms with Crippen molar-refractivity contribution < 1.29 is 50.6 Å². The lowest BCUT2D eigenvalue weighted by Crippen LogP contribution is -2.56. The van der Waals surface area contributed by atoms with E-state index in [4.69, 9.17) is 4.74 Å². The van der Waals surface area contributed by atoms with Crippen molar-refractivity contribution >= 4 is 23.5 Å². The average Bonchev–Trinajstić information content (AvgIpc) is 3.19. The fourth-order valence-electron chi connectivity index (χ4n) is 6.00. The van der Waals surface area contributed by atoms with E-state index in [2.05, 4.69) is 5.32 Å². The maximum atomic E-state index is 13.5. The number of rotatable bonds is 9. The van der Waals surface area contributed by atoms with E-state index in [0.29, 0.717) is 29.5 Å². The quantitative estimate of drug-likeness (QED) is 0.279. The van der Waals surface area contributed by atoms with Crippen LogP contribution in [0.25, 0.3) is 0 Å². The van der Waals surface area contributed by atoms with Gasteiger partial charge in [0, 0.05) is 36.9 Å². The molecule has 47 heavy (non-hydrogen) atoms. The maximum absolute atomic E-state index is 13.5. The van der Waals surface area contributed by atoms with Gasteiger partial charge in [-0.2, -0.15) is 26.3 Å². The van der Waals surface area contributed by atoms with Crippen molar-refractivity contribution in [2.75, 3.05) is 31.1 Å². The molecule has 0 radical (unpaired) electrons. The second kappa shape index (κ2) is 12.9. The summed E-state index contributed by atoms with van der Waals surface area (Å²) in [6.45, 7) is 8.61. The maximum Gasteiger partial charge on any atom is 0.430 e. The number of halogens is 6. The zero-order valence-corrected chi connectivity index (χ0v) is 26.6. The summed E-state index contributed by atoms with van der Waals surface area (Å²) in [5.74, 6) is -0.525. The van der Waals surface area contributed by atoms with Crippen LogP contribution in [0.2, 0.25) is 0 Å². The topological polar surface area (TPSA) is 102 Å². The van der Waals surface area contributed by atoms with E-state index in [-0.39, 0.29) is 37.7 Å². The first-order chi connectivity index (χ1) is 21.7. The van der Waals surface area contributed by atoms with E-state index in [0.717, 1.165) is 17.0 Å². The molecule has 0 spiro atoms. The third kappa shape index (κ3) is 6.72. The fraction of sp³-hybridized carbons (Fsp3) is 0.531. The number of nitrogens with zero attached hydrogens (tertiary/aromatic N) is 3. The summed E-state index contributed by atoms with van der Waals surface area (Å²) in [5.41, 5.74) is -6.71. The number of amides is 4. The van der Waals surface area contributed by atoms with Crippen molar-refractivity contribution in [3.63, 3.8) is 0 Å². The number of hydrogen-bond donors (Lipinski definition) is 2. The molecule has 1 unspecified atom stereocenters. The predicted molar refractivity (Wildman–Crippen MR) is 160 cm³/mol. The molecule has 0 aliphatic carbocycles. The highest BCUT2D eigenvalue weighted by molar-refractivity contribution is 6.09. The SMILES string of the molecule is CCCc1cc(C(O)(C(F)(F)F)C(F)(F)F)ccc1N1CCN(C(=O)CN2C(=O)N[C@@](C)(c3ccc(OC(C)C)cc3)C2=O)CC1C. The number of urea groups is 1. The van der Waals surface area contributed by atoms with Gasteiger partial charge in [0.05, 0.1) is 6.10 Å². The average molecular weight is 673 g/mol. The number of carbonyl (C=O) groups is 3. The van der Waals surface area contributed by atoms with Gasteiger partial charge in [-0.25, -0.2) is 4.79 Å². The number of nitrogens with one attached hydrogen (secondary N) is 1. The summed E-state index contributed by atoms with van der Waals surface area (Å²) < 4.78 is 86.9. The van der Waals surface area contributed by atoms with Crippen LogP contribution in [-0.4, -0.2) is 83.4 Å². The third-order valence-corrected chi connectivity index (χ3v) is 8.50. The van der Waals surface area contributed by atoms with Crippen molar-refractivity contribution in [2.45, 2.75) is 83.1 Å². The van der Waals surface area contributed by atoms with Gasteiger partial charge in [0.2, 0.25) is 5.91 Å². The van der Waals surface area contributed by atoms with Crippen LogP contribution < -0.4 is 15.0 Å². The van der Waals surface area contributed by atoms with Gasteiger partial charge in [-0.3, -0.25) is 14.5 Å². The van der Waals surface area contributed by atoms with E-state index < -0.39 is 59.5 Å². The monoisotopic (exact) mass is 672 g/mol. The molecule has 2 aliphatic heterocycles. The van der Waals surface area contributed by atoms with Crippen LogP contribution in [0.1, 0.15) is 57.7 Å². The molecular weight excluding hydrogens is 634 g/mol. The van der Waals surface area contributed by atoms with Gasteiger partial charge in [0.1, 0.15) is 17.8 Å². The summed E-state index contributed by atoms with van der Waals surface area (Å²) in [6.07, 6.45) is -11.5. The number of anilines is 1. The largest absolute Gasteiger partial charge is 0.491 e. The summed E-state index contributed by atoms with van der Waals surface area (Å²) in [5, 5.41) is 12.6. The van der Waals surface area contributed by atoms with Crippen LogP contribution >= 0.6 is 0 Å². The van der Waals surface area contributed by atoms with Crippen molar-refractivity contribution in [1.29, 1.82) is 0 Å². The van der Waals surface area contributed by atoms with Gasteiger partial charge in [-0.05, 0) is 63.4 Å². The Morgan fingerprint density at radius 2 is 1.66 bits per heavy atom. The van der Waals surface area contributed by atoms with E-state index in [1.165, 1.54) is 4.90 Å². The zero-order chi connectivity index (χ0) is 35.1. The highest BCUT2D eigenvalue weighted by Crippen LogP contribution is 2.50. The first-order valence-corrected chi connectivity index (χ1v) is 15.2. The highest BCUT2D eigenvalue weighted by atomic mass is 19.4. The smallest absolute Gasteiger partial charge is 0.430 e. The molecule has 2 N–H and O–H groups in total. The number of ether oxygens (including phenoxy) is 1. The molecular formula is C32H38F6N4O5. The Labute approximate surface area is 268 Å². The van der Waals surface area contributed by atoms with Gasteiger partial charge in [-0.1, -0.05) is 37.6 Å². The van der Waals surface area contributed by atoms with Gasteiger partial charge in [-0.15, -0.1) is 0 Å². The Morgan fingerprint density at radius 3 is 2.19 bits per heavy atom. The van der Waals surface area contributed by atoms with E-state index in [1.807, 2.05) is 13.8 Å². The molecule has 2 aromatic carbocycles. The Bertz CT molecular complexity index is 1480. The molecule has 2 fully saturated rings. The van der Waals surface area contributed by atoms with Crippen LogP contribution in [0.5, 0.6) is 5.75 Å². The number of hydrogen-bond acceptors (Lipinski definition) is 6. The molecule has 15 heteroatoms. The fourth-order valence-corrected chi connectivity index (χ4v) is 6.00. The zero-order valence-electron chi connectivity index (χ0n) is 26.6. The Hall–Kier alpha value is -4.01. The number of aliphatic hydroxyl groups is 1.